The molecule has 0 radical (unpaired) electrons. The summed E-state index contributed by atoms with van der Waals surface area (Å²) in [5, 5.41) is 11.6. The molecule has 1 amide bonds. The maximum Gasteiger partial charge on any atom is 0.416 e. The Balaban J connectivity index is 2.15. The molecule has 0 aliphatic heterocycles. The molecule has 0 spiro atoms. The molecule has 2 aromatic carbocycles. The fourth-order valence-corrected chi connectivity index (χ4v) is 2.49. The molecule has 0 saturated heterocycles. The van der Waals surface area contributed by atoms with E-state index in [4.69, 9.17) is 0 Å². The van der Waals surface area contributed by atoms with Gasteiger partial charge >= 0.3 is 6.18 Å². The number of carbonyl (C=O) groups excluding carboxylic acids is 2. The summed E-state index contributed by atoms with van der Waals surface area (Å²) in [7, 11) is 0. The van der Waals surface area contributed by atoms with Crippen LogP contribution in [0.2, 0.25) is 0 Å². The minimum absolute atomic E-state index is 0.0640. The number of ketones is 1. The van der Waals surface area contributed by atoms with Crippen LogP contribution in [0.3, 0.4) is 0 Å². The molecule has 0 saturated carbocycles. The normalized spacial score (nSPS) is 12.8. The number of anilines is 1. The first kappa shape index (κ1) is 21.2. The largest absolute Gasteiger partial charge is 0.416 e. The number of Topliss-reactive ketones (excluding diaryl/α,β-unsaturated/α-hetero) is 1. The Morgan fingerprint density at radius 2 is 1.43 bits per heavy atom. The molecule has 0 aromatic heterocycles. The van der Waals surface area contributed by atoms with E-state index in [0.29, 0.717) is 0 Å². The molecule has 146 valence electrons. The zero-order chi connectivity index (χ0) is 21.1. The molecule has 1 N–H and O–H groups in total. The molecule has 1 unspecified atom stereocenters. The Hall–Kier alpha value is -3.14. The summed E-state index contributed by atoms with van der Waals surface area (Å²) in [6, 6.07) is 12.0. The van der Waals surface area contributed by atoms with Crippen molar-refractivity contribution in [3.63, 3.8) is 0 Å². The van der Waals surface area contributed by atoms with Gasteiger partial charge < -0.3 is 5.32 Å². The molecule has 7 heteroatoms. The van der Waals surface area contributed by atoms with Crippen molar-refractivity contribution in [1.29, 1.82) is 5.26 Å². The van der Waals surface area contributed by atoms with E-state index >= 15 is 0 Å². The Morgan fingerprint density at radius 3 is 1.86 bits per heavy atom. The molecule has 0 aliphatic rings. The van der Waals surface area contributed by atoms with E-state index in [0.717, 1.165) is 29.8 Å². The monoisotopic (exact) mass is 388 g/mol. The van der Waals surface area contributed by atoms with Crippen molar-refractivity contribution in [1.82, 2.24) is 0 Å². The fraction of sp³-hybridized carbons (Fsp3) is 0.286. The van der Waals surface area contributed by atoms with Gasteiger partial charge in [-0.2, -0.15) is 18.4 Å². The smallest absolute Gasteiger partial charge is 0.325 e. The summed E-state index contributed by atoms with van der Waals surface area (Å²) in [6.45, 7) is 6.04. The highest BCUT2D eigenvalue weighted by atomic mass is 19.4. The highest BCUT2D eigenvalue weighted by Crippen LogP contribution is 2.30. The number of amides is 1. The highest BCUT2D eigenvalue weighted by molar-refractivity contribution is 6.15. The molecule has 1 atom stereocenters. The van der Waals surface area contributed by atoms with Crippen molar-refractivity contribution in [3.05, 3.63) is 65.2 Å². The van der Waals surface area contributed by atoms with Gasteiger partial charge in [0.25, 0.3) is 0 Å². The van der Waals surface area contributed by atoms with Crippen molar-refractivity contribution in [2.75, 3.05) is 5.32 Å². The third-order valence-corrected chi connectivity index (χ3v) is 4.17. The van der Waals surface area contributed by atoms with Gasteiger partial charge in [-0.15, -0.1) is 0 Å². The van der Waals surface area contributed by atoms with Gasteiger partial charge in [-0.3, -0.25) is 9.59 Å². The van der Waals surface area contributed by atoms with E-state index in [2.05, 4.69) is 5.32 Å². The molecule has 4 nitrogen and oxygen atoms in total. The van der Waals surface area contributed by atoms with Crippen molar-refractivity contribution in [2.45, 2.75) is 32.4 Å². The minimum atomic E-state index is -4.49. The molecule has 0 aliphatic carbocycles. The maximum absolute atomic E-state index is 12.6. The first-order valence-electron chi connectivity index (χ1n) is 8.46. The lowest BCUT2D eigenvalue weighted by Gasteiger charge is -2.19. The van der Waals surface area contributed by atoms with E-state index in [-0.39, 0.29) is 16.7 Å². The van der Waals surface area contributed by atoms with E-state index in [1.165, 1.54) is 0 Å². The Labute approximate surface area is 161 Å². The molecular formula is C21H19F3N2O2. The number of nitriles is 1. The molecule has 2 aromatic rings. The third kappa shape index (κ3) is 4.97. The van der Waals surface area contributed by atoms with Crippen LogP contribution in [0, 0.1) is 17.2 Å². The number of hydrogen-bond donors (Lipinski definition) is 1. The van der Waals surface area contributed by atoms with Crippen LogP contribution < -0.4 is 5.32 Å². The van der Waals surface area contributed by atoms with Crippen LogP contribution >= 0.6 is 0 Å². The van der Waals surface area contributed by atoms with Crippen LogP contribution in [-0.2, 0) is 16.4 Å². The number of benzene rings is 2. The third-order valence-electron chi connectivity index (χ3n) is 4.17. The van der Waals surface area contributed by atoms with E-state index < -0.39 is 29.3 Å². The Kier molecular flexibility index (Phi) is 5.93. The number of nitrogens with zero attached hydrogens (tertiary/aromatic N) is 1. The van der Waals surface area contributed by atoms with Gasteiger partial charge in [0.1, 0.15) is 0 Å². The lowest BCUT2D eigenvalue weighted by atomic mass is 9.86. The standard InChI is InChI=1S/C21H19F3N2O2/c1-20(2,3)14-6-4-13(5-7-14)18(27)17(12-25)19(28)26-16-10-8-15(9-11-16)21(22,23)24/h4-11,17H,1-3H3,(H,26,28). The van der Waals surface area contributed by atoms with Crippen LogP contribution in [0.1, 0.15) is 42.3 Å². The average molecular weight is 388 g/mol. The van der Waals surface area contributed by atoms with E-state index in [1.54, 1.807) is 30.3 Å². The van der Waals surface area contributed by atoms with Gasteiger partial charge in [0.15, 0.2) is 11.7 Å². The Bertz CT molecular complexity index is 903. The number of alkyl halides is 3. The SMILES string of the molecule is CC(C)(C)c1ccc(C(=O)C(C#N)C(=O)Nc2ccc(C(F)(F)F)cc2)cc1. The number of rotatable bonds is 4. The summed E-state index contributed by atoms with van der Waals surface area (Å²) in [5.74, 6) is -3.18. The van der Waals surface area contributed by atoms with Crippen molar-refractivity contribution in [2.24, 2.45) is 5.92 Å². The van der Waals surface area contributed by atoms with Gasteiger partial charge in [0.2, 0.25) is 5.91 Å². The molecule has 28 heavy (non-hydrogen) atoms. The zero-order valence-electron chi connectivity index (χ0n) is 15.6. The summed E-state index contributed by atoms with van der Waals surface area (Å²) >= 11 is 0. The molecular weight excluding hydrogens is 369 g/mol. The summed E-state index contributed by atoms with van der Waals surface area (Å²) in [4.78, 5) is 24.8. The summed E-state index contributed by atoms with van der Waals surface area (Å²) in [5.41, 5.74) is 0.288. The van der Waals surface area contributed by atoms with Crippen LogP contribution in [0.4, 0.5) is 18.9 Å². The first-order chi connectivity index (χ1) is 12.9. The van der Waals surface area contributed by atoms with Crippen molar-refractivity contribution >= 4 is 17.4 Å². The van der Waals surface area contributed by atoms with Gasteiger partial charge in [-0.1, -0.05) is 45.0 Å². The van der Waals surface area contributed by atoms with E-state index in [9.17, 15) is 28.0 Å². The minimum Gasteiger partial charge on any atom is -0.325 e. The maximum atomic E-state index is 12.6. The van der Waals surface area contributed by atoms with Gasteiger partial charge in [0.05, 0.1) is 11.6 Å². The van der Waals surface area contributed by atoms with Gasteiger partial charge in [-0.25, -0.2) is 0 Å². The van der Waals surface area contributed by atoms with Crippen LogP contribution in [0.25, 0.3) is 0 Å². The highest BCUT2D eigenvalue weighted by Gasteiger charge is 2.31. The van der Waals surface area contributed by atoms with Gasteiger partial charge in [0, 0.05) is 11.3 Å². The van der Waals surface area contributed by atoms with Crippen molar-refractivity contribution in [3.8, 4) is 6.07 Å². The second-order valence-corrected chi connectivity index (χ2v) is 7.32. The van der Waals surface area contributed by atoms with Gasteiger partial charge in [-0.05, 0) is 35.2 Å². The molecule has 0 fully saturated rings. The average Bonchev–Trinajstić information content (AvgIpc) is 2.61. The fourth-order valence-electron chi connectivity index (χ4n) is 2.49. The quantitative estimate of drug-likeness (QED) is 0.594. The number of carbonyl (C=O) groups is 2. The predicted octanol–water partition coefficient (Wildman–Crippen LogP) is 4.96. The Morgan fingerprint density at radius 1 is 0.929 bits per heavy atom. The molecule has 0 bridgehead atoms. The second-order valence-electron chi connectivity index (χ2n) is 7.32. The van der Waals surface area contributed by atoms with Crippen molar-refractivity contribution < 1.29 is 22.8 Å². The van der Waals surface area contributed by atoms with E-state index in [1.807, 2.05) is 20.8 Å². The topological polar surface area (TPSA) is 70.0 Å². The number of halogens is 3. The lowest BCUT2D eigenvalue weighted by molar-refractivity contribution is -0.137. The number of hydrogen-bond acceptors (Lipinski definition) is 3. The predicted molar refractivity (Wildman–Crippen MR) is 98.6 cm³/mol. The van der Waals surface area contributed by atoms with Crippen LogP contribution in [0.5, 0.6) is 0 Å². The summed E-state index contributed by atoms with van der Waals surface area (Å²) < 4.78 is 37.8. The first-order valence-corrected chi connectivity index (χ1v) is 8.46. The number of nitrogens with one attached hydrogen (secondary N) is 1. The molecule has 0 heterocycles. The van der Waals surface area contributed by atoms with Crippen LogP contribution in [-0.4, -0.2) is 11.7 Å². The van der Waals surface area contributed by atoms with Crippen LogP contribution in [0.15, 0.2) is 48.5 Å². The lowest BCUT2D eigenvalue weighted by Crippen LogP contribution is -2.28. The second kappa shape index (κ2) is 7.85. The molecule has 2 rings (SSSR count). The summed E-state index contributed by atoms with van der Waals surface area (Å²) in [6.07, 6.45) is -4.49. The zero-order valence-corrected chi connectivity index (χ0v) is 15.6.